The quantitative estimate of drug-likeness (QED) is 0.886. The summed E-state index contributed by atoms with van der Waals surface area (Å²) in [5, 5.41) is 1.34. The Morgan fingerprint density at radius 2 is 2.00 bits per heavy atom. The Hall–Kier alpha value is -1.77. The molecule has 0 spiro atoms. The summed E-state index contributed by atoms with van der Waals surface area (Å²) in [5.74, 6) is 0.340. The van der Waals surface area contributed by atoms with Crippen molar-refractivity contribution in [1.29, 1.82) is 0 Å². The molecule has 116 valence electrons. The zero-order valence-corrected chi connectivity index (χ0v) is 13.5. The van der Waals surface area contributed by atoms with E-state index in [4.69, 9.17) is 0 Å². The average molecular weight is 296 g/mol. The number of hydrogen-bond acceptors (Lipinski definition) is 1. The Morgan fingerprint density at radius 3 is 2.77 bits per heavy atom. The topological polar surface area (TPSA) is 36.1 Å². The van der Waals surface area contributed by atoms with Crippen LogP contribution in [0.3, 0.4) is 0 Å². The van der Waals surface area contributed by atoms with E-state index in [0.717, 1.165) is 32.2 Å². The van der Waals surface area contributed by atoms with Crippen LogP contribution in [0.2, 0.25) is 0 Å². The van der Waals surface area contributed by atoms with Gasteiger partial charge in [0.1, 0.15) is 0 Å². The highest BCUT2D eigenvalue weighted by Crippen LogP contribution is 2.53. The minimum absolute atomic E-state index is 0.226. The molecule has 2 aromatic rings. The highest BCUT2D eigenvalue weighted by molar-refractivity contribution is 5.86. The highest BCUT2D eigenvalue weighted by Gasteiger charge is 2.49. The number of fused-ring (bicyclic) bond motifs is 5. The molecule has 0 radical (unpaired) electrons. The van der Waals surface area contributed by atoms with Crippen LogP contribution in [0.25, 0.3) is 10.9 Å². The van der Waals surface area contributed by atoms with Gasteiger partial charge in [0.25, 0.3) is 0 Å². The number of nitrogens with one attached hydrogen (secondary N) is 1. The SMILES string of the molecule is CCC1(CC)CCC(=O)N2CCc3c([nH]c4ccccc34)[C@@H]21. The molecule has 4 rings (SSSR count). The summed E-state index contributed by atoms with van der Waals surface area (Å²) in [7, 11) is 0. The summed E-state index contributed by atoms with van der Waals surface area (Å²) in [6.45, 7) is 5.45. The second-order valence-corrected chi connectivity index (χ2v) is 6.87. The fraction of sp³-hybridized carbons (Fsp3) is 0.526. The smallest absolute Gasteiger partial charge is 0.223 e. The van der Waals surface area contributed by atoms with Crippen LogP contribution in [0.4, 0.5) is 0 Å². The Kier molecular flexibility index (Phi) is 3.07. The number of aromatic amines is 1. The van der Waals surface area contributed by atoms with Crippen molar-refractivity contribution in [3.8, 4) is 0 Å². The number of H-pyrrole nitrogens is 1. The van der Waals surface area contributed by atoms with Crippen LogP contribution in [0.5, 0.6) is 0 Å². The van der Waals surface area contributed by atoms with Crippen molar-refractivity contribution in [1.82, 2.24) is 9.88 Å². The van der Waals surface area contributed by atoms with E-state index in [1.54, 1.807) is 0 Å². The summed E-state index contributed by atoms with van der Waals surface area (Å²) in [5.41, 5.74) is 4.19. The van der Waals surface area contributed by atoms with Gasteiger partial charge in [-0.15, -0.1) is 0 Å². The van der Waals surface area contributed by atoms with Gasteiger partial charge in [0.2, 0.25) is 5.91 Å². The number of carbonyl (C=O) groups is 1. The van der Waals surface area contributed by atoms with E-state index < -0.39 is 0 Å². The second kappa shape index (κ2) is 4.87. The monoisotopic (exact) mass is 296 g/mol. The fourth-order valence-corrected chi connectivity index (χ4v) is 4.77. The van der Waals surface area contributed by atoms with Crippen LogP contribution in [0.1, 0.15) is 56.8 Å². The lowest BCUT2D eigenvalue weighted by Gasteiger charge is -2.51. The van der Waals surface area contributed by atoms with Gasteiger partial charge in [-0.3, -0.25) is 4.79 Å². The van der Waals surface area contributed by atoms with Crippen molar-refractivity contribution < 1.29 is 4.79 Å². The number of para-hydroxylation sites is 1. The van der Waals surface area contributed by atoms with Crippen LogP contribution in [0.15, 0.2) is 24.3 Å². The number of piperidine rings is 1. The lowest BCUT2D eigenvalue weighted by atomic mass is 9.66. The van der Waals surface area contributed by atoms with E-state index in [2.05, 4.69) is 48.0 Å². The van der Waals surface area contributed by atoms with E-state index in [9.17, 15) is 4.79 Å². The van der Waals surface area contributed by atoms with Gasteiger partial charge in [-0.25, -0.2) is 0 Å². The summed E-state index contributed by atoms with van der Waals surface area (Å²) >= 11 is 0. The van der Waals surface area contributed by atoms with E-state index in [-0.39, 0.29) is 11.5 Å². The van der Waals surface area contributed by atoms with Crippen LogP contribution >= 0.6 is 0 Å². The largest absolute Gasteiger partial charge is 0.356 e. The van der Waals surface area contributed by atoms with Crippen molar-refractivity contribution >= 4 is 16.8 Å². The van der Waals surface area contributed by atoms with Crippen LogP contribution < -0.4 is 0 Å². The molecular formula is C19H24N2O. The predicted molar refractivity (Wildman–Crippen MR) is 88.7 cm³/mol. The Balaban J connectivity index is 1.93. The van der Waals surface area contributed by atoms with Gasteiger partial charge < -0.3 is 9.88 Å². The number of nitrogens with zero attached hydrogens (tertiary/aromatic N) is 1. The molecule has 22 heavy (non-hydrogen) atoms. The van der Waals surface area contributed by atoms with Gasteiger partial charge in [0.15, 0.2) is 0 Å². The molecule has 0 aliphatic carbocycles. The Bertz CT molecular complexity index is 726. The van der Waals surface area contributed by atoms with Crippen LogP contribution in [-0.2, 0) is 11.2 Å². The maximum absolute atomic E-state index is 12.5. The van der Waals surface area contributed by atoms with Gasteiger partial charge in [0, 0.05) is 29.6 Å². The first kappa shape index (κ1) is 13.9. The average Bonchev–Trinajstić information content (AvgIpc) is 2.94. The van der Waals surface area contributed by atoms with Crippen molar-refractivity contribution in [2.75, 3.05) is 6.54 Å². The first-order valence-corrected chi connectivity index (χ1v) is 8.59. The maximum Gasteiger partial charge on any atom is 0.223 e. The second-order valence-electron chi connectivity index (χ2n) is 6.87. The van der Waals surface area contributed by atoms with Crippen molar-refractivity contribution in [3.05, 3.63) is 35.5 Å². The first-order chi connectivity index (χ1) is 10.7. The molecule has 0 saturated carbocycles. The van der Waals surface area contributed by atoms with Crippen molar-refractivity contribution in [2.45, 2.75) is 52.0 Å². The van der Waals surface area contributed by atoms with E-state index in [1.165, 1.54) is 22.2 Å². The molecule has 1 saturated heterocycles. The number of rotatable bonds is 2. The molecule has 2 aliphatic heterocycles. The molecule has 3 heteroatoms. The lowest BCUT2D eigenvalue weighted by molar-refractivity contribution is -0.145. The molecule has 1 aromatic heterocycles. The number of carbonyl (C=O) groups excluding carboxylic acids is 1. The highest BCUT2D eigenvalue weighted by atomic mass is 16.2. The summed E-state index contributed by atoms with van der Waals surface area (Å²) < 4.78 is 0. The maximum atomic E-state index is 12.5. The van der Waals surface area contributed by atoms with Gasteiger partial charge in [-0.1, -0.05) is 32.0 Å². The fourth-order valence-electron chi connectivity index (χ4n) is 4.77. The van der Waals surface area contributed by atoms with E-state index in [1.807, 2.05) is 0 Å². The molecule has 2 aliphatic rings. The number of benzene rings is 1. The summed E-state index contributed by atoms with van der Waals surface area (Å²) in [4.78, 5) is 18.3. The lowest BCUT2D eigenvalue weighted by Crippen LogP contribution is -2.51. The first-order valence-electron chi connectivity index (χ1n) is 8.59. The van der Waals surface area contributed by atoms with Crippen molar-refractivity contribution in [2.24, 2.45) is 5.41 Å². The molecule has 1 aromatic carbocycles. The third-order valence-corrected chi connectivity index (χ3v) is 6.18. The zero-order valence-electron chi connectivity index (χ0n) is 13.5. The van der Waals surface area contributed by atoms with Crippen LogP contribution in [0, 0.1) is 5.41 Å². The molecule has 3 nitrogen and oxygen atoms in total. The van der Waals surface area contributed by atoms with Gasteiger partial charge in [-0.2, -0.15) is 0 Å². The molecule has 3 heterocycles. The minimum atomic E-state index is 0.226. The molecule has 1 N–H and O–H groups in total. The molecule has 0 unspecified atom stereocenters. The zero-order chi connectivity index (χ0) is 15.3. The molecular weight excluding hydrogens is 272 g/mol. The minimum Gasteiger partial charge on any atom is -0.356 e. The third kappa shape index (κ3) is 1.71. The van der Waals surface area contributed by atoms with Gasteiger partial charge in [-0.05, 0) is 42.7 Å². The van der Waals surface area contributed by atoms with E-state index in [0.29, 0.717) is 12.3 Å². The molecule has 1 amide bonds. The van der Waals surface area contributed by atoms with Crippen molar-refractivity contribution in [3.63, 3.8) is 0 Å². The summed E-state index contributed by atoms with van der Waals surface area (Å²) in [6, 6.07) is 8.80. The summed E-state index contributed by atoms with van der Waals surface area (Å²) in [6.07, 6.45) is 4.98. The van der Waals surface area contributed by atoms with Crippen LogP contribution in [-0.4, -0.2) is 22.3 Å². The van der Waals surface area contributed by atoms with Gasteiger partial charge in [0.05, 0.1) is 6.04 Å². The number of hydrogen-bond donors (Lipinski definition) is 1. The third-order valence-electron chi connectivity index (χ3n) is 6.18. The molecule has 0 bridgehead atoms. The normalized spacial score (nSPS) is 23.5. The molecule has 1 fully saturated rings. The Morgan fingerprint density at radius 1 is 1.23 bits per heavy atom. The van der Waals surface area contributed by atoms with E-state index >= 15 is 0 Å². The predicted octanol–water partition coefficient (Wildman–Crippen LogP) is 4.19. The molecule has 1 atom stereocenters. The van der Waals surface area contributed by atoms with Gasteiger partial charge >= 0.3 is 0 Å². The number of amides is 1. The standard InChI is InChI=1S/C19H24N2O/c1-3-19(4-2)11-9-16(22)21-12-10-14-13-7-5-6-8-15(13)20-17(14)18(19)21/h5-8,18,20H,3-4,9-12H2,1-2H3/t18-/m1/s1. The Labute approximate surface area is 131 Å². The number of aromatic nitrogens is 1.